The average Bonchev–Trinajstić information content (AvgIpc) is 3.31. The van der Waals surface area contributed by atoms with Crippen LogP contribution in [0.3, 0.4) is 0 Å². The van der Waals surface area contributed by atoms with Crippen molar-refractivity contribution >= 4 is 23.1 Å². The highest BCUT2D eigenvalue weighted by molar-refractivity contribution is 7.07. The number of aromatic nitrogens is 1. The zero-order valence-electron chi connectivity index (χ0n) is 18.6. The predicted octanol–water partition coefficient (Wildman–Crippen LogP) is 2.70. The van der Waals surface area contributed by atoms with Gasteiger partial charge in [0.25, 0.3) is 0 Å². The van der Waals surface area contributed by atoms with Gasteiger partial charge >= 0.3 is 0 Å². The van der Waals surface area contributed by atoms with Crippen LogP contribution in [0.2, 0.25) is 0 Å². The summed E-state index contributed by atoms with van der Waals surface area (Å²) in [6, 6.07) is 6.93. The minimum absolute atomic E-state index is 0.247. The Bertz CT molecular complexity index is 834. The number of likely N-dealkylation sites (tertiary alicyclic amines) is 1. The Morgan fingerprint density at radius 1 is 1.26 bits per heavy atom. The van der Waals surface area contributed by atoms with Gasteiger partial charge in [-0.1, -0.05) is 0 Å². The zero-order valence-corrected chi connectivity index (χ0v) is 19.4. The van der Waals surface area contributed by atoms with Gasteiger partial charge in [0.15, 0.2) is 5.96 Å². The van der Waals surface area contributed by atoms with Gasteiger partial charge in [0.05, 0.1) is 12.7 Å². The van der Waals surface area contributed by atoms with E-state index in [0.29, 0.717) is 6.04 Å². The summed E-state index contributed by atoms with van der Waals surface area (Å²) in [6.45, 7) is 8.68. The van der Waals surface area contributed by atoms with E-state index in [0.717, 1.165) is 70.5 Å². The molecule has 0 aliphatic carbocycles. The number of ether oxygens (including phenoxy) is 1. The third-order valence-corrected chi connectivity index (χ3v) is 6.71. The summed E-state index contributed by atoms with van der Waals surface area (Å²) in [5.41, 5.74) is 2.63. The molecule has 2 fully saturated rings. The first kappa shape index (κ1) is 22.0. The molecule has 8 heteroatoms. The van der Waals surface area contributed by atoms with Crippen LogP contribution in [0, 0.1) is 0 Å². The third kappa shape index (κ3) is 6.41. The molecule has 0 amide bonds. The van der Waals surface area contributed by atoms with Crippen LogP contribution >= 0.6 is 11.3 Å². The smallest absolute Gasteiger partial charge is 0.191 e. The molecule has 0 radical (unpaired) electrons. The molecule has 0 spiro atoms. The van der Waals surface area contributed by atoms with E-state index in [-0.39, 0.29) is 6.10 Å². The minimum Gasteiger partial charge on any atom is -0.375 e. The summed E-state index contributed by atoms with van der Waals surface area (Å²) in [7, 11) is 1.84. The molecule has 2 aromatic heterocycles. The van der Waals surface area contributed by atoms with Crippen LogP contribution in [-0.2, 0) is 17.8 Å². The lowest BCUT2D eigenvalue weighted by Gasteiger charge is -2.33. The molecule has 1 unspecified atom stereocenters. The lowest BCUT2D eigenvalue weighted by molar-refractivity contribution is 0.0529. The van der Waals surface area contributed by atoms with E-state index in [1.807, 2.05) is 13.2 Å². The molecule has 1 atom stereocenters. The first-order valence-corrected chi connectivity index (χ1v) is 12.2. The summed E-state index contributed by atoms with van der Waals surface area (Å²) in [5.74, 6) is 1.89. The fourth-order valence-corrected chi connectivity index (χ4v) is 4.88. The summed E-state index contributed by atoms with van der Waals surface area (Å²) in [5, 5.41) is 11.5. The maximum Gasteiger partial charge on any atom is 0.191 e. The Morgan fingerprint density at radius 3 is 2.87 bits per heavy atom. The number of morpholine rings is 1. The fourth-order valence-electron chi connectivity index (χ4n) is 4.22. The van der Waals surface area contributed by atoms with E-state index >= 15 is 0 Å². The zero-order chi connectivity index (χ0) is 21.5. The van der Waals surface area contributed by atoms with E-state index in [4.69, 9.17) is 4.74 Å². The van der Waals surface area contributed by atoms with Crippen molar-refractivity contribution in [1.82, 2.24) is 20.5 Å². The number of rotatable bonds is 6. The standard InChI is InChI=1S/C23H34N6OS/c1-18-15-29(10-11-30-18)22-13-19(3-7-25-22)14-26-23(24-2)27-21-4-8-28(9-5-21)16-20-6-12-31-17-20/h3,6-7,12-13,17-18,21H,4-5,8-11,14-16H2,1-2H3,(H2,24,26,27). The summed E-state index contributed by atoms with van der Waals surface area (Å²) in [6.07, 6.45) is 4.42. The third-order valence-electron chi connectivity index (χ3n) is 5.97. The van der Waals surface area contributed by atoms with Crippen LogP contribution in [-0.4, -0.2) is 67.8 Å². The monoisotopic (exact) mass is 442 g/mol. The van der Waals surface area contributed by atoms with Crippen molar-refractivity contribution in [1.29, 1.82) is 0 Å². The Balaban J connectivity index is 1.23. The van der Waals surface area contributed by atoms with Gasteiger partial charge in [0, 0.05) is 58.6 Å². The quantitative estimate of drug-likeness (QED) is 0.530. The van der Waals surface area contributed by atoms with Crippen molar-refractivity contribution in [3.8, 4) is 0 Å². The molecule has 0 aromatic carbocycles. The Labute approximate surface area is 189 Å². The number of hydrogen-bond donors (Lipinski definition) is 2. The lowest BCUT2D eigenvalue weighted by atomic mass is 10.0. The molecule has 2 saturated heterocycles. The van der Waals surface area contributed by atoms with Crippen molar-refractivity contribution in [3.05, 3.63) is 46.3 Å². The second-order valence-corrected chi connectivity index (χ2v) is 9.18. The van der Waals surface area contributed by atoms with E-state index in [9.17, 15) is 0 Å². The summed E-state index contributed by atoms with van der Waals surface area (Å²) >= 11 is 1.78. The van der Waals surface area contributed by atoms with E-state index in [1.54, 1.807) is 11.3 Å². The molecule has 4 heterocycles. The van der Waals surface area contributed by atoms with Crippen LogP contribution in [0.15, 0.2) is 40.1 Å². The van der Waals surface area contributed by atoms with Crippen molar-refractivity contribution in [3.63, 3.8) is 0 Å². The van der Waals surface area contributed by atoms with Gasteiger partial charge in [0.1, 0.15) is 5.82 Å². The molecule has 2 N–H and O–H groups in total. The second kappa shape index (κ2) is 10.9. The molecule has 0 saturated carbocycles. The number of hydrogen-bond acceptors (Lipinski definition) is 6. The molecule has 168 valence electrons. The number of piperidine rings is 1. The number of pyridine rings is 1. The van der Waals surface area contributed by atoms with Crippen LogP contribution in [0.25, 0.3) is 0 Å². The Morgan fingerprint density at radius 2 is 2.13 bits per heavy atom. The Kier molecular flexibility index (Phi) is 7.77. The second-order valence-electron chi connectivity index (χ2n) is 8.40. The van der Waals surface area contributed by atoms with Gasteiger partial charge < -0.3 is 20.3 Å². The molecule has 0 bridgehead atoms. The highest BCUT2D eigenvalue weighted by atomic mass is 32.1. The number of thiophene rings is 1. The predicted molar refractivity (Wildman–Crippen MR) is 128 cm³/mol. The highest BCUT2D eigenvalue weighted by Gasteiger charge is 2.21. The normalized spacial score (nSPS) is 21.3. The maximum absolute atomic E-state index is 5.65. The molecule has 7 nitrogen and oxygen atoms in total. The van der Waals surface area contributed by atoms with Gasteiger partial charge in [-0.15, -0.1) is 0 Å². The summed E-state index contributed by atoms with van der Waals surface area (Å²) in [4.78, 5) is 13.8. The number of anilines is 1. The SMILES string of the molecule is CN=C(NCc1ccnc(N2CCOC(C)C2)c1)NC1CCN(Cc2ccsc2)CC1. The van der Waals surface area contributed by atoms with Crippen LogP contribution in [0.5, 0.6) is 0 Å². The Hall–Kier alpha value is -2.16. The van der Waals surface area contributed by atoms with Gasteiger partial charge in [0.2, 0.25) is 0 Å². The van der Waals surface area contributed by atoms with Gasteiger partial charge in [-0.05, 0) is 59.9 Å². The summed E-state index contributed by atoms with van der Waals surface area (Å²) < 4.78 is 5.65. The molecular weight excluding hydrogens is 408 g/mol. The van der Waals surface area contributed by atoms with Crippen LogP contribution in [0.1, 0.15) is 30.9 Å². The molecule has 2 aromatic rings. The number of guanidine groups is 1. The first-order chi connectivity index (χ1) is 15.2. The number of nitrogens with one attached hydrogen (secondary N) is 2. The highest BCUT2D eigenvalue weighted by Crippen LogP contribution is 2.17. The molecule has 2 aliphatic heterocycles. The van der Waals surface area contributed by atoms with Crippen LogP contribution in [0.4, 0.5) is 5.82 Å². The van der Waals surface area contributed by atoms with Crippen molar-refractivity contribution in [2.75, 3.05) is 44.7 Å². The topological polar surface area (TPSA) is 65.0 Å². The van der Waals surface area contributed by atoms with Crippen molar-refractivity contribution in [2.45, 2.75) is 45.0 Å². The lowest BCUT2D eigenvalue weighted by Crippen LogP contribution is -2.48. The van der Waals surface area contributed by atoms with E-state index in [1.165, 1.54) is 11.1 Å². The number of aliphatic imine (C=N–C) groups is 1. The minimum atomic E-state index is 0.247. The fraction of sp³-hybridized carbons (Fsp3) is 0.565. The molecule has 4 rings (SSSR count). The van der Waals surface area contributed by atoms with Gasteiger partial charge in [-0.25, -0.2) is 4.98 Å². The average molecular weight is 443 g/mol. The first-order valence-electron chi connectivity index (χ1n) is 11.2. The molecule has 2 aliphatic rings. The van der Waals surface area contributed by atoms with E-state index < -0.39 is 0 Å². The number of nitrogens with zero attached hydrogens (tertiary/aromatic N) is 4. The van der Waals surface area contributed by atoms with Crippen molar-refractivity contribution < 1.29 is 4.74 Å². The van der Waals surface area contributed by atoms with E-state index in [2.05, 4.69) is 66.3 Å². The largest absolute Gasteiger partial charge is 0.375 e. The maximum atomic E-state index is 5.65. The van der Waals surface area contributed by atoms with Gasteiger partial charge in [-0.2, -0.15) is 11.3 Å². The molecular formula is C23H34N6OS. The van der Waals surface area contributed by atoms with Crippen molar-refractivity contribution in [2.24, 2.45) is 4.99 Å². The van der Waals surface area contributed by atoms with Gasteiger partial charge in [-0.3, -0.25) is 9.89 Å². The molecule has 31 heavy (non-hydrogen) atoms. The van der Waals surface area contributed by atoms with Crippen LogP contribution < -0.4 is 15.5 Å².